The smallest absolute Gasteiger partial charge is 0.326 e. The van der Waals surface area contributed by atoms with Crippen LogP contribution in [0.5, 0.6) is 0 Å². The van der Waals surface area contributed by atoms with Gasteiger partial charge in [-0.15, -0.1) is 11.6 Å². The van der Waals surface area contributed by atoms with E-state index in [0.717, 1.165) is 0 Å². The molecule has 2 nitrogen and oxygen atoms in total. The van der Waals surface area contributed by atoms with E-state index in [1.807, 2.05) is 0 Å². The van der Waals surface area contributed by atoms with Crippen LogP contribution in [0.3, 0.4) is 0 Å². The van der Waals surface area contributed by atoms with Gasteiger partial charge in [-0.1, -0.05) is 12.1 Å². The van der Waals surface area contributed by atoms with E-state index in [1.165, 1.54) is 18.2 Å². The van der Waals surface area contributed by atoms with Crippen molar-refractivity contribution in [2.45, 2.75) is 24.1 Å². The fraction of sp³-hybridized carbons (Fsp3) is 0.364. The molecule has 1 aliphatic heterocycles. The van der Waals surface area contributed by atoms with Crippen LogP contribution in [0.1, 0.15) is 16.5 Å². The Morgan fingerprint density at radius 2 is 2.00 bits per heavy atom. The summed E-state index contributed by atoms with van der Waals surface area (Å²) in [6.45, 7) is 0. The van der Waals surface area contributed by atoms with Crippen LogP contribution in [-0.4, -0.2) is 18.3 Å². The number of halogens is 5. The van der Waals surface area contributed by atoms with Crippen molar-refractivity contribution < 1.29 is 22.4 Å². The van der Waals surface area contributed by atoms with Gasteiger partial charge in [0.1, 0.15) is 5.38 Å². The first-order chi connectivity index (χ1) is 8.32. The Bertz CT molecular complexity index is 492. The molecule has 98 valence electrons. The van der Waals surface area contributed by atoms with Crippen LogP contribution < -0.4 is 5.32 Å². The highest BCUT2D eigenvalue weighted by Crippen LogP contribution is 2.42. The first-order valence-electron chi connectivity index (χ1n) is 5.05. The zero-order valence-electron chi connectivity index (χ0n) is 8.89. The maximum Gasteiger partial charge on any atom is 0.327 e. The number of nitrogens with one attached hydrogen (secondary N) is 1. The Balaban J connectivity index is 2.31. The molecule has 1 amide bonds. The number of carbonyl (C=O) groups is 1. The number of amides is 1. The molecule has 0 saturated heterocycles. The third kappa shape index (κ3) is 2.16. The summed E-state index contributed by atoms with van der Waals surface area (Å²) in [5.74, 6) is -4.58. The molecule has 0 aromatic heterocycles. The first-order valence-corrected chi connectivity index (χ1v) is 5.48. The largest absolute Gasteiger partial charge is 0.327 e. The molecular formula is C11H8ClF4NO. The van der Waals surface area contributed by atoms with Gasteiger partial charge in [0.15, 0.2) is 0 Å². The molecule has 1 atom stereocenters. The van der Waals surface area contributed by atoms with Crippen LogP contribution in [0.15, 0.2) is 18.2 Å². The van der Waals surface area contributed by atoms with Gasteiger partial charge in [-0.05, 0) is 17.2 Å². The molecule has 0 aliphatic carbocycles. The molecule has 2 rings (SSSR count). The highest BCUT2D eigenvalue weighted by Gasteiger charge is 2.48. The summed E-state index contributed by atoms with van der Waals surface area (Å²) in [5.41, 5.74) is 0.846. The van der Waals surface area contributed by atoms with Crippen molar-refractivity contribution in [3.8, 4) is 0 Å². The minimum absolute atomic E-state index is 0.0348. The number of rotatable bonds is 3. The van der Waals surface area contributed by atoms with Crippen LogP contribution in [-0.2, 0) is 11.2 Å². The molecule has 1 heterocycles. The van der Waals surface area contributed by atoms with Crippen molar-refractivity contribution in [3.05, 3.63) is 29.3 Å². The van der Waals surface area contributed by atoms with Crippen LogP contribution in [0.2, 0.25) is 0 Å². The Morgan fingerprint density at radius 3 is 2.61 bits per heavy atom. The molecular weight excluding hydrogens is 274 g/mol. The van der Waals surface area contributed by atoms with Gasteiger partial charge in [-0.2, -0.15) is 8.78 Å². The highest BCUT2D eigenvalue weighted by atomic mass is 35.5. The predicted octanol–water partition coefficient (Wildman–Crippen LogP) is 3.36. The van der Waals surface area contributed by atoms with Gasteiger partial charge in [0.2, 0.25) is 5.91 Å². The van der Waals surface area contributed by atoms with Gasteiger partial charge in [-0.3, -0.25) is 4.79 Å². The number of hydrogen-bond acceptors (Lipinski definition) is 1. The van der Waals surface area contributed by atoms with E-state index in [-0.39, 0.29) is 17.9 Å². The topological polar surface area (TPSA) is 29.1 Å². The van der Waals surface area contributed by atoms with Crippen LogP contribution in [0, 0.1) is 0 Å². The van der Waals surface area contributed by atoms with Crippen molar-refractivity contribution in [1.82, 2.24) is 0 Å². The molecule has 1 unspecified atom stereocenters. The summed E-state index contributed by atoms with van der Waals surface area (Å²) >= 11 is 5.40. The molecule has 0 bridgehead atoms. The minimum Gasteiger partial charge on any atom is -0.326 e. The van der Waals surface area contributed by atoms with E-state index in [2.05, 4.69) is 5.32 Å². The lowest BCUT2D eigenvalue weighted by atomic mass is 10.0. The van der Waals surface area contributed by atoms with Crippen LogP contribution >= 0.6 is 11.6 Å². The van der Waals surface area contributed by atoms with E-state index in [1.54, 1.807) is 0 Å². The maximum absolute atomic E-state index is 13.1. The first kappa shape index (κ1) is 13.1. The minimum atomic E-state index is -4.31. The van der Waals surface area contributed by atoms with Crippen molar-refractivity contribution >= 4 is 23.2 Å². The Morgan fingerprint density at radius 1 is 1.33 bits per heavy atom. The van der Waals surface area contributed by atoms with Gasteiger partial charge in [0.05, 0.1) is 6.42 Å². The second kappa shape index (κ2) is 4.42. The zero-order chi connectivity index (χ0) is 13.5. The van der Waals surface area contributed by atoms with E-state index in [0.29, 0.717) is 11.3 Å². The lowest BCUT2D eigenvalue weighted by Gasteiger charge is -2.21. The SMILES string of the molecule is O=C1Cc2cc(C(Cl)C(F)(F)C(F)F)ccc2N1. The number of anilines is 1. The van der Waals surface area contributed by atoms with E-state index >= 15 is 0 Å². The monoisotopic (exact) mass is 281 g/mol. The van der Waals surface area contributed by atoms with Crippen molar-refractivity contribution in [3.63, 3.8) is 0 Å². The highest BCUT2D eigenvalue weighted by molar-refractivity contribution is 6.21. The Kier molecular flexibility index (Phi) is 3.23. The fourth-order valence-corrected chi connectivity index (χ4v) is 1.97. The molecule has 1 aliphatic rings. The average molecular weight is 282 g/mol. The van der Waals surface area contributed by atoms with Crippen LogP contribution in [0.4, 0.5) is 23.2 Å². The summed E-state index contributed by atoms with van der Waals surface area (Å²) < 4.78 is 50.5. The maximum atomic E-state index is 13.1. The zero-order valence-corrected chi connectivity index (χ0v) is 9.65. The van der Waals surface area contributed by atoms with Gasteiger partial charge in [0.25, 0.3) is 0 Å². The van der Waals surface area contributed by atoms with E-state index < -0.39 is 17.7 Å². The van der Waals surface area contributed by atoms with Crippen molar-refractivity contribution in [2.24, 2.45) is 0 Å². The number of fused-ring (bicyclic) bond motifs is 1. The predicted molar refractivity (Wildman–Crippen MR) is 58.3 cm³/mol. The fourth-order valence-electron chi connectivity index (χ4n) is 1.74. The molecule has 1 aromatic rings. The third-order valence-electron chi connectivity index (χ3n) is 2.68. The molecule has 0 radical (unpaired) electrons. The average Bonchev–Trinajstić information content (AvgIpc) is 2.66. The second-order valence-electron chi connectivity index (χ2n) is 3.98. The summed E-state index contributed by atoms with van der Waals surface area (Å²) in [6, 6.07) is 3.84. The van der Waals surface area contributed by atoms with Gasteiger partial charge >= 0.3 is 12.3 Å². The molecule has 0 saturated carbocycles. The van der Waals surface area contributed by atoms with Gasteiger partial charge in [0, 0.05) is 5.69 Å². The normalized spacial score (nSPS) is 16.7. The van der Waals surface area contributed by atoms with E-state index in [9.17, 15) is 22.4 Å². The van der Waals surface area contributed by atoms with E-state index in [4.69, 9.17) is 11.6 Å². The van der Waals surface area contributed by atoms with Gasteiger partial charge < -0.3 is 5.32 Å². The van der Waals surface area contributed by atoms with Crippen molar-refractivity contribution in [1.29, 1.82) is 0 Å². The van der Waals surface area contributed by atoms with Crippen LogP contribution in [0.25, 0.3) is 0 Å². The second-order valence-corrected chi connectivity index (χ2v) is 4.42. The number of benzene rings is 1. The quantitative estimate of drug-likeness (QED) is 0.668. The number of hydrogen-bond donors (Lipinski definition) is 1. The third-order valence-corrected chi connectivity index (χ3v) is 3.22. The molecule has 0 fully saturated rings. The Labute approximate surface area is 105 Å². The summed E-state index contributed by atoms with van der Waals surface area (Å²) in [6.07, 6.45) is -3.81. The lowest BCUT2D eigenvalue weighted by Crippen LogP contribution is -2.31. The van der Waals surface area contributed by atoms with Crippen molar-refractivity contribution in [2.75, 3.05) is 5.32 Å². The number of carbonyl (C=O) groups excluding carboxylic acids is 1. The lowest BCUT2D eigenvalue weighted by molar-refractivity contribution is -0.130. The molecule has 7 heteroatoms. The molecule has 0 spiro atoms. The Hall–Kier alpha value is -1.30. The summed E-state index contributed by atoms with van der Waals surface area (Å²) in [5, 5.41) is 0.381. The molecule has 1 N–H and O–H groups in total. The van der Waals surface area contributed by atoms with Gasteiger partial charge in [-0.25, -0.2) is 8.78 Å². The molecule has 18 heavy (non-hydrogen) atoms. The summed E-state index contributed by atoms with van der Waals surface area (Å²) in [7, 11) is 0. The number of alkyl halides is 5. The standard InChI is InChI=1S/C11H8ClF4NO/c12-9(11(15,16)10(13)14)5-1-2-7-6(3-5)4-8(18)17-7/h1-3,9-10H,4H2,(H,17,18). The summed E-state index contributed by atoms with van der Waals surface area (Å²) in [4.78, 5) is 11.1. The molecule has 1 aromatic carbocycles.